The van der Waals surface area contributed by atoms with Gasteiger partial charge in [-0.2, -0.15) is 13.2 Å². The Bertz CT molecular complexity index is 634. The van der Waals surface area contributed by atoms with Crippen LogP contribution in [0.1, 0.15) is 29.9 Å². The van der Waals surface area contributed by atoms with Crippen LogP contribution in [0.25, 0.3) is 5.69 Å². The second kappa shape index (κ2) is 5.17. The molecule has 0 aliphatic carbocycles. The smallest absolute Gasteiger partial charge is 0.323 e. The van der Waals surface area contributed by atoms with Crippen LogP contribution in [0.3, 0.4) is 0 Å². The first-order valence-electron chi connectivity index (χ1n) is 5.76. The Morgan fingerprint density at radius 3 is 2.50 bits per heavy atom. The highest BCUT2D eigenvalue weighted by Gasteiger charge is 2.35. The Morgan fingerprint density at radius 1 is 1.35 bits per heavy atom. The maximum atomic E-state index is 13.1. The van der Waals surface area contributed by atoms with Gasteiger partial charge in [-0.05, 0) is 32.0 Å². The van der Waals surface area contributed by atoms with E-state index in [1.165, 1.54) is 12.1 Å². The van der Waals surface area contributed by atoms with E-state index < -0.39 is 17.8 Å². The summed E-state index contributed by atoms with van der Waals surface area (Å²) in [5.74, 6) is 0. The predicted molar refractivity (Wildman–Crippen MR) is 71.4 cm³/mol. The van der Waals surface area contributed by atoms with Crippen molar-refractivity contribution in [2.45, 2.75) is 26.1 Å². The van der Waals surface area contributed by atoms with E-state index in [0.717, 1.165) is 10.7 Å². The third-order valence-electron chi connectivity index (χ3n) is 2.85. The third kappa shape index (κ3) is 2.71. The fourth-order valence-electron chi connectivity index (χ4n) is 1.91. The lowest BCUT2D eigenvalue weighted by Gasteiger charge is -2.14. The van der Waals surface area contributed by atoms with E-state index >= 15 is 0 Å². The number of halogens is 4. The molecule has 0 saturated heterocycles. The van der Waals surface area contributed by atoms with E-state index in [9.17, 15) is 13.2 Å². The van der Waals surface area contributed by atoms with Gasteiger partial charge >= 0.3 is 6.18 Å². The zero-order valence-electron chi connectivity index (χ0n) is 10.7. The van der Waals surface area contributed by atoms with E-state index in [-0.39, 0.29) is 5.69 Å². The standard InChI is InChI=1S/C12H12BrF3N4/c1-6(17)11-7(2)20(19-18-11)10-4-3-8(13)5-9(10)12(14,15)16/h3-6H,17H2,1-2H3. The number of alkyl halides is 3. The van der Waals surface area contributed by atoms with Crippen LogP contribution in [-0.2, 0) is 6.18 Å². The largest absolute Gasteiger partial charge is 0.418 e. The van der Waals surface area contributed by atoms with Gasteiger partial charge in [-0.15, -0.1) is 5.10 Å². The quantitative estimate of drug-likeness (QED) is 0.904. The Balaban J connectivity index is 2.65. The van der Waals surface area contributed by atoms with E-state index in [2.05, 4.69) is 26.2 Å². The maximum Gasteiger partial charge on any atom is 0.418 e. The number of benzene rings is 1. The highest BCUT2D eigenvalue weighted by molar-refractivity contribution is 9.10. The number of hydrogen-bond donors (Lipinski definition) is 1. The number of hydrogen-bond acceptors (Lipinski definition) is 3. The average Bonchev–Trinajstić information content (AvgIpc) is 2.70. The summed E-state index contributed by atoms with van der Waals surface area (Å²) in [4.78, 5) is 0. The number of rotatable bonds is 2. The van der Waals surface area contributed by atoms with Crippen molar-refractivity contribution in [1.82, 2.24) is 15.0 Å². The van der Waals surface area contributed by atoms with Gasteiger partial charge in [0.25, 0.3) is 0 Å². The molecule has 2 rings (SSSR count). The summed E-state index contributed by atoms with van der Waals surface area (Å²) in [6.07, 6.45) is -4.48. The molecule has 1 heterocycles. The van der Waals surface area contributed by atoms with Gasteiger partial charge in [0.2, 0.25) is 0 Å². The van der Waals surface area contributed by atoms with Gasteiger partial charge in [0, 0.05) is 10.5 Å². The fraction of sp³-hybridized carbons (Fsp3) is 0.333. The Hall–Kier alpha value is -1.41. The van der Waals surface area contributed by atoms with Crippen molar-refractivity contribution in [3.8, 4) is 5.69 Å². The van der Waals surface area contributed by atoms with Crippen molar-refractivity contribution in [2.24, 2.45) is 5.73 Å². The van der Waals surface area contributed by atoms with E-state index in [1.807, 2.05) is 0 Å². The fourth-order valence-corrected chi connectivity index (χ4v) is 2.27. The molecule has 0 spiro atoms. The van der Waals surface area contributed by atoms with E-state index in [1.54, 1.807) is 13.8 Å². The monoisotopic (exact) mass is 348 g/mol. The first-order valence-corrected chi connectivity index (χ1v) is 6.56. The van der Waals surface area contributed by atoms with Crippen LogP contribution >= 0.6 is 15.9 Å². The molecule has 1 aromatic heterocycles. The summed E-state index contributed by atoms with van der Waals surface area (Å²) >= 11 is 3.04. The highest BCUT2D eigenvalue weighted by Crippen LogP contribution is 2.36. The van der Waals surface area contributed by atoms with Crippen molar-refractivity contribution in [1.29, 1.82) is 0 Å². The second-order valence-electron chi connectivity index (χ2n) is 4.42. The summed E-state index contributed by atoms with van der Waals surface area (Å²) in [6, 6.07) is 3.49. The number of aromatic nitrogens is 3. The van der Waals surface area contributed by atoms with Gasteiger partial charge in [-0.3, -0.25) is 0 Å². The molecule has 0 bridgehead atoms. The van der Waals surface area contributed by atoms with Crippen molar-refractivity contribution in [3.05, 3.63) is 39.6 Å². The molecule has 20 heavy (non-hydrogen) atoms. The predicted octanol–water partition coefficient (Wildman–Crippen LogP) is 3.38. The Kier molecular flexibility index (Phi) is 3.88. The van der Waals surface area contributed by atoms with Crippen LogP contribution in [-0.4, -0.2) is 15.0 Å². The molecule has 0 saturated carbocycles. The first-order chi connectivity index (χ1) is 9.21. The van der Waals surface area contributed by atoms with Gasteiger partial charge in [0.15, 0.2) is 0 Å². The molecule has 2 N–H and O–H groups in total. The van der Waals surface area contributed by atoms with Crippen LogP contribution < -0.4 is 5.73 Å². The maximum absolute atomic E-state index is 13.1. The molecular formula is C12H12BrF3N4. The van der Waals surface area contributed by atoms with Crippen LogP contribution in [0, 0.1) is 6.92 Å². The lowest BCUT2D eigenvalue weighted by Crippen LogP contribution is -2.13. The Labute approximate surface area is 121 Å². The van der Waals surface area contributed by atoms with Crippen LogP contribution in [0.15, 0.2) is 22.7 Å². The molecule has 8 heteroatoms. The minimum atomic E-state index is -4.48. The topological polar surface area (TPSA) is 56.7 Å². The first kappa shape index (κ1) is 15.0. The minimum absolute atomic E-state index is 0.0717. The second-order valence-corrected chi connectivity index (χ2v) is 5.34. The van der Waals surface area contributed by atoms with Gasteiger partial charge in [0.05, 0.1) is 16.9 Å². The summed E-state index contributed by atoms with van der Waals surface area (Å²) in [5.41, 5.74) is 5.82. The van der Waals surface area contributed by atoms with Crippen molar-refractivity contribution >= 4 is 15.9 Å². The van der Waals surface area contributed by atoms with E-state index in [0.29, 0.717) is 15.9 Å². The zero-order chi connectivity index (χ0) is 15.1. The Morgan fingerprint density at radius 2 is 2.00 bits per heavy atom. The van der Waals surface area contributed by atoms with Crippen molar-refractivity contribution in [3.63, 3.8) is 0 Å². The number of nitrogens with zero attached hydrogens (tertiary/aromatic N) is 3. The van der Waals surface area contributed by atoms with Crippen molar-refractivity contribution in [2.75, 3.05) is 0 Å². The average molecular weight is 349 g/mol. The molecule has 4 nitrogen and oxygen atoms in total. The highest BCUT2D eigenvalue weighted by atomic mass is 79.9. The summed E-state index contributed by atoms with van der Waals surface area (Å²) in [6.45, 7) is 3.34. The lowest BCUT2D eigenvalue weighted by molar-refractivity contribution is -0.137. The molecule has 0 aliphatic rings. The summed E-state index contributed by atoms with van der Waals surface area (Å²) < 4.78 is 40.8. The lowest BCUT2D eigenvalue weighted by atomic mass is 10.1. The molecule has 1 unspecified atom stereocenters. The molecule has 0 aliphatic heterocycles. The van der Waals surface area contributed by atoms with E-state index in [4.69, 9.17) is 5.73 Å². The molecule has 2 aromatic rings. The third-order valence-corrected chi connectivity index (χ3v) is 3.35. The summed E-state index contributed by atoms with van der Waals surface area (Å²) in [5, 5.41) is 7.63. The molecule has 1 atom stereocenters. The van der Waals surface area contributed by atoms with Gasteiger partial charge < -0.3 is 5.73 Å². The minimum Gasteiger partial charge on any atom is -0.323 e. The normalized spacial score (nSPS) is 13.6. The van der Waals surface area contributed by atoms with Gasteiger partial charge in [-0.25, -0.2) is 4.68 Å². The van der Waals surface area contributed by atoms with Crippen LogP contribution in [0.5, 0.6) is 0 Å². The van der Waals surface area contributed by atoms with Crippen LogP contribution in [0.4, 0.5) is 13.2 Å². The summed E-state index contributed by atoms with van der Waals surface area (Å²) in [7, 11) is 0. The van der Waals surface area contributed by atoms with Crippen molar-refractivity contribution < 1.29 is 13.2 Å². The molecule has 0 fully saturated rings. The molecule has 0 radical (unpaired) electrons. The molecule has 0 amide bonds. The van der Waals surface area contributed by atoms with Gasteiger partial charge in [-0.1, -0.05) is 21.1 Å². The molecular weight excluding hydrogens is 337 g/mol. The molecule has 1 aromatic carbocycles. The van der Waals surface area contributed by atoms with Crippen LogP contribution in [0.2, 0.25) is 0 Å². The SMILES string of the molecule is Cc1c(C(C)N)nnn1-c1ccc(Br)cc1C(F)(F)F. The molecule has 108 valence electrons. The number of nitrogens with two attached hydrogens (primary N) is 1. The zero-order valence-corrected chi connectivity index (χ0v) is 12.3. The van der Waals surface area contributed by atoms with Gasteiger partial charge in [0.1, 0.15) is 5.69 Å².